The third-order valence-electron chi connectivity index (χ3n) is 4.04. The van der Waals surface area contributed by atoms with Gasteiger partial charge in [0, 0.05) is 19.3 Å². The minimum atomic E-state index is -5.08. The normalized spacial score (nSPS) is 12.5. The molecule has 0 fully saturated rings. The first kappa shape index (κ1) is 27.7. The van der Waals surface area contributed by atoms with Crippen molar-refractivity contribution in [2.24, 2.45) is 0 Å². The summed E-state index contributed by atoms with van der Waals surface area (Å²) >= 11 is 5.96. The highest BCUT2D eigenvalue weighted by molar-refractivity contribution is 7.89. The van der Waals surface area contributed by atoms with Crippen LogP contribution in [-0.4, -0.2) is 41.2 Å². The van der Waals surface area contributed by atoms with Crippen molar-refractivity contribution in [3.63, 3.8) is 0 Å². The Morgan fingerprint density at radius 3 is 2.09 bits per heavy atom. The molecule has 0 aromatic heterocycles. The molecular formula is C19H17ClF6N2O5S. The van der Waals surface area contributed by atoms with Crippen molar-refractivity contribution in [3.8, 4) is 5.75 Å². The van der Waals surface area contributed by atoms with E-state index < -0.39 is 51.7 Å². The number of hydrogen-bond donors (Lipinski definition) is 2. The van der Waals surface area contributed by atoms with E-state index in [0.29, 0.717) is 12.1 Å². The highest BCUT2D eigenvalue weighted by atomic mass is 35.5. The van der Waals surface area contributed by atoms with Gasteiger partial charge in [0.2, 0.25) is 10.0 Å². The monoisotopic (exact) mass is 534 g/mol. The average Bonchev–Trinajstić information content (AvgIpc) is 2.71. The molecule has 0 aliphatic heterocycles. The van der Waals surface area contributed by atoms with Crippen LogP contribution in [0.2, 0.25) is 5.02 Å². The van der Waals surface area contributed by atoms with Crippen molar-refractivity contribution < 1.29 is 49.0 Å². The summed E-state index contributed by atoms with van der Waals surface area (Å²) in [6, 6.07) is 3.90. The lowest BCUT2D eigenvalue weighted by Gasteiger charge is -2.15. The predicted octanol–water partition coefficient (Wildman–Crippen LogP) is 4.32. The Kier molecular flexibility index (Phi) is 8.80. The van der Waals surface area contributed by atoms with Crippen LogP contribution in [0.1, 0.15) is 11.1 Å². The molecule has 0 atom stereocenters. The van der Waals surface area contributed by atoms with Crippen LogP contribution in [0.3, 0.4) is 0 Å². The van der Waals surface area contributed by atoms with Gasteiger partial charge in [-0.3, -0.25) is 4.79 Å². The lowest BCUT2D eigenvalue weighted by molar-refractivity contribution is -0.143. The molecule has 0 unspecified atom stereocenters. The van der Waals surface area contributed by atoms with E-state index in [4.69, 9.17) is 21.1 Å². The van der Waals surface area contributed by atoms with Gasteiger partial charge in [-0.2, -0.15) is 26.3 Å². The molecule has 0 aliphatic rings. The molecule has 0 heterocycles. The molecule has 188 valence electrons. The Bertz CT molecular complexity index is 1110. The lowest BCUT2D eigenvalue weighted by Crippen LogP contribution is -2.27. The minimum Gasteiger partial charge on any atom is -0.482 e. The number of halogens is 7. The van der Waals surface area contributed by atoms with E-state index in [1.165, 1.54) is 7.11 Å². The average molecular weight is 535 g/mol. The standard InChI is InChI=1S/C19H17ClF6N2O5S/c1-32-5-4-27-34(30,31)14-2-3-16(15(20)9-14)33-10-17(29)28-13-7-11(18(21,22)23)6-12(8-13)19(24,25)26/h2-3,6-9,27H,4-5,10H2,1H3,(H,28,29). The van der Waals surface area contributed by atoms with Crippen LogP contribution in [0.15, 0.2) is 41.3 Å². The number of carbonyl (C=O) groups excluding carboxylic acids is 1. The lowest BCUT2D eigenvalue weighted by atomic mass is 10.1. The van der Waals surface area contributed by atoms with Gasteiger partial charge < -0.3 is 14.8 Å². The zero-order valence-corrected chi connectivity index (χ0v) is 18.8. The zero-order chi connectivity index (χ0) is 25.7. The largest absolute Gasteiger partial charge is 0.482 e. The fraction of sp³-hybridized carbons (Fsp3) is 0.316. The number of rotatable bonds is 9. The quantitative estimate of drug-likeness (QED) is 0.369. The first-order valence-electron chi connectivity index (χ1n) is 9.14. The fourth-order valence-corrected chi connectivity index (χ4v) is 3.83. The molecule has 0 saturated heterocycles. The van der Waals surface area contributed by atoms with Crippen LogP contribution >= 0.6 is 11.6 Å². The van der Waals surface area contributed by atoms with E-state index in [0.717, 1.165) is 18.2 Å². The highest BCUT2D eigenvalue weighted by Gasteiger charge is 2.37. The van der Waals surface area contributed by atoms with Crippen LogP contribution in [0.25, 0.3) is 0 Å². The first-order valence-corrected chi connectivity index (χ1v) is 11.0. The summed E-state index contributed by atoms with van der Waals surface area (Å²) in [5, 5.41) is 1.69. The molecular weight excluding hydrogens is 518 g/mol. The molecule has 2 aromatic carbocycles. The van der Waals surface area contributed by atoms with Gasteiger partial charge in [-0.25, -0.2) is 13.1 Å². The number of hydrogen-bond acceptors (Lipinski definition) is 5. The van der Waals surface area contributed by atoms with Gasteiger partial charge >= 0.3 is 12.4 Å². The second-order valence-electron chi connectivity index (χ2n) is 6.61. The van der Waals surface area contributed by atoms with E-state index in [1.54, 1.807) is 0 Å². The maximum atomic E-state index is 12.9. The molecule has 0 bridgehead atoms. The Hall–Kier alpha value is -2.55. The Morgan fingerprint density at radius 1 is 1.00 bits per heavy atom. The van der Waals surface area contributed by atoms with Crippen LogP contribution < -0.4 is 14.8 Å². The van der Waals surface area contributed by atoms with E-state index >= 15 is 0 Å². The van der Waals surface area contributed by atoms with Gasteiger partial charge in [-0.15, -0.1) is 0 Å². The van der Waals surface area contributed by atoms with E-state index in [2.05, 4.69) is 4.72 Å². The third kappa shape index (κ3) is 7.75. The molecule has 2 N–H and O–H groups in total. The summed E-state index contributed by atoms with van der Waals surface area (Å²) in [7, 11) is -2.52. The van der Waals surface area contributed by atoms with Crippen molar-refractivity contribution in [2.45, 2.75) is 17.2 Å². The summed E-state index contributed by atoms with van der Waals surface area (Å²) in [5.74, 6) is -1.23. The predicted molar refractivity (Wildman–Crippen MR) is 109 cm³/mol. The molecule has 0 radical (unpaired) electrons. The number of benzene rings is 2. The van der Waals surface area contributed by atoms with Gasteiger partial charge in [0.05, 0.1) is 27.7 Å². The number of methoxy groups -OCH3 is 1. The molecule has 0 spiro atoms. The fourth-order valence-electron chi connectivity index (χ4n) is 2.49. The van der Waals surface area contributed by atoms with Gasteiger partial charge in [0.15, 0.2) is 6.61 Å². The van der Waals surface area contributed by atoms with Gasteiger partial charge in [-0.05, 0) is 36.4 Å². The molecule has 34 heavy (non-hydrogen) atoms. The third-order valence-corrected chi connectivity index (χ3v) is 5.80. The maximum Gasteiger partial charge on any atom is 0.416 e. The minimum absolute atomic E-state index is 0.000463. The number of anilines is 1. The van der Waals surface area contributed by atoms with Crippen molar-refractivity contribution in [2.75, 3.05) is 32.2 Å². The van der Waals surface area contributed by atoms with Gasteiger partial charge in [0.25, 0.3) is 5.91 Å². The molecule has 0 aliphatic carbocycles. The maximum absolute atomic E-state index is 12.9. The van der Waals surface area contributed by atoms with Crippen LogP contribution in [0.5, 0.6) is 5.75 Å². The van der Waals surface area contributed by atoms with E-state index in [-0.39, 0.29) is 34.9 Å². The number of sulfonamides is 1. The second-order valence-corrected chi connectivity index (χ2v) is 8.79. The first-order chi connectivity index (χ1) is 15.6. The van der Waals surface area contributed by atoms with Gasteiger partial charge in [0.1, 0.15) is 5.75 Å². The smallest absolute Gasteiger partial charge is 0.416 e. The van der Waals surface area contributed by atoms with Gasteiger partial charge in [-0.1, -0.05) is 11.6 Å². The van der Waals surface area contributed by atoms with Crippen molar-refractivity contribution >= 4 is 33.2 Å². The second kappa shape index (κ2) is 10.8. The number of alkyl halides is 6. The molecule has 1 amide bonds. The molecule has 0 saturated carbocycles. The summed E-state index contributed by atoms with van der Waals surface area (Å²) < 4.78 is 114. The van der Waals surface area contributed by atoms with E-state index in [9.17, 15) is 39.6 Å². The topological polar surface area (TPSA) is 93.7 Å². The van der Waals surface area contributed by atoms with Crippen molar-refractivity contribution in [1.82, 2.24) is 4.72 Å². The summed E-state index contributed by atoms with van der Waals surface area (Å²) in [4.78, 5) is 11.8. The number of carbonyl (C=O) groups is 1. The summed E-state index contributed by atoms with van der Waals surface area (Å²) in [6.07, 6.45) is -10.2. The molecule has 2 rings (SSSR count). The molecule has 2 aromatic rings. The SMILES string of the molecule is COCCNS(=O)(=O)c1ccc(OCC(=O)Nc2cc(C(F)(F)F)cc(C(F)(F)F)c2)c(Cl)c1. The van der Waals surface area contributed by atoms with Crippen molar-refractivity contribution in [3.05, 3.63) is 52.5 Å². The van der Waals surface area contributed by atoms with Crippen LogP contribution in [0, 0.1) is 0 Å². The number of nitrogens with one attached hydrogen (secondary N) is 2. The Morgan fingerprint density at radius 2 is 1.59 bits per heavy atom. The zero-order valence-electron chi connectivity index (χ0n) is 17.2. The summed E-state index contributed by atoms with van der Waals surface area (Å²) in [5.41, 5.74) is -3.94. The highest BCUT2D eigenvalue weighted by Crippen LogP contribution is 2.37. The Labute approximate surface area is 195 Å². The number of amides is 1. The summed E-state index contributed by atoms with van der Waals surface area (Å²) in [6.45, 7) is -0.713. The van der Waals surface area contributed by atoms with Crippen LogP contribution in [0.4, 0.5) is 32.0 Å². The van der Waals surface area contributed by atoms with Crippen molar-refractivity contribution in [1.29, 1.82) is 0 Å². The van der Waals surface area contributed by atoms with E-state index in [1.807, 2.05) is 5.32 Å². The molecule has 15 heteroatoms. The molecule has 7 nitrogen and oxygen atoms in total. The number of ether oxygens (including phenoxy) is 2. The Balaban J connectivity index is 2.11. The van der Waals surface area contributed by atoms with Crippen LogP contribution in [-0.2, 0) is 31.9 Å².